The number of hydrogen-bond donors (Lipinski definition) is 0. The summed E-state index contributed by atoms with van der Waals surface area (Å²) in [6.45, 7) is 2.49. The molecular formula is C21H20F3N3O. The number of nitrogens with zero attached hydrogens (tertiary/aromatic N) is 3. The van der Waals surface area contributed by atoms with Gasteiger partial charge in [0, 0.05) is 18.4 Å². The van der Waals surface area contributed by atoms with Crippen LogP contribution < -0.4 is 4.90 Å². The van der Waals surface area contributed by atoms with E-state index in [-0.39, 0.29) is 11.6 Å². The van der Waals surface area contributed by atoms with Gasteiger partial charge in [-0.05, 0) is 43.0 Å². The zero-order valence-corrected chi connectivity index (χ0v) is 15.5. The minimum atomic E-state index is -4.48. The number of pyridine rings is 1. The number of carbonyl (C=O) groups is 1. The molecule has 0 radical (unpaired) electrons. The number of halogens is 3. The molecule has 0 spiro atoms. The molecule has 146 valence electrons. The molecule has 28 heavy (non-hydrogen) atoms. The average molecular weight is 387 g/mol. The Hall–Kier alpha value is -2.83. The van der Waals surface area contributed by atoms with E-state index < -0.39 is 11.7 Å². The highest BCUT2D eigenvalue weighted by atomic mass is 19.4. The minimum Gasteiger partial charge on any atom is -0.307 e. The second-order valence-electron chi connectivity index (χ2n) is 6.99. The summed E-state index contributed by atoms with van der Waals surface area (Å²) in [5, 5.41) is 0. The summed E-state index contributed by atoms with van der Waals surface area (Å²) >= 11 is 0. The van der Waals surface area contributed by atoms with Gasteiger partial charge in [-0.3, -0.25) is 9.20 Å². The van der Waals surface area contributed by atoms with Gasteiger partial charge in [0.2, 0.25) is 0 Å². The lowest BCUT2D eigenvalue weighted by Crippen LogP contribution is -2.36. The predicted octanol–water partition coefficient (Wildman–Crippen LogP) is 4.90. The molecular weight excluding hydrogens is 367 g/mol. The van der Waals surface area contributed by atoms with Crippen molar-refractivity contribution in [1.29, 1.82) is 0 Å². The molecule has 1 aliphatic heterocycles. The summed E-state index contributed by atoms with van der Waals surface area (Å²) in [6, 6.07) is 9.99. The molecule has 3 aromatic rings. The van der Waals surface area contributed by atoms with Crippen LogP contribution in [0.15, 0.2) is 42.6 Å². The van der Waals surface area contributed by atoms with Gasteiger partial charge in [-0.25, -0.2) is 4.98 Å². The maximum atomic E-state index is 13.5. The van der Waals surface area contributed by atoms with Gasteiger partial charge in [-0.2, -0.15) is 13.2 Å². The van der Waals surface area contributed by atoms with E-state index >= 15 is 0 Å². The zero-order valence-electron chi connectivity index (χ0n) is 15.5. The van der Waals surface area contributed by atoms with Crippen molar-refractivity contribution in [2.24, 2.45) is 0 Å². The van der Waals surface area contributed by atoms with Crippen molar-refractivity contribution in [3.05, 3.63) is 65.1 Å². The van der Waals surface area contributed by atoms with Gasteiger partial charge in [0.05, 0.1) is 11.3 Å². The Bertz CT molecular complexity index is 1040. The van der Waals surface area contributed by atoms with E-state index in [0.29, 0.717) is 24.3 Å². The Morgan fingerprint density at radius 2 is 1.96 bits per heavy atom. The number of hydrogen-bond acceptors (Lipinski definition) is 2. The number of imidazole rings is 1. The van der Waals surface area contributed by atoms with Crippen molar-refractivity contribution in [3.8, 4) is 0 Å². The van der Waals surface area contributed by atoms with Crippen LogP contribution in [0.1, 0.15) is 47.1 Å². The van der Waals surface area contributed by atoms with Crippen LogP contribution >= 0.6 is 0 Å². The van der Waals surface area contributed by atoms with Crippen molar-refractivity contribution in [1.82, 2.24) is 9.38 Å². The van der Waals surface area contributed by atoms with Crippen molar-refractivity contribution in [2.45, 2.75) is 38.8 Å². The van der Waals surface area contributed by atoms with Gasteiger partial charge < -0.3 is 4.90 Å². The molecule has 1 amide bonds. The van der Waals surface area contributed by atoms with Crippen LogP contribution in [0.4, 0.5) is 18.9 Å². The standard InChI is InChI=1S/C21H20F3N3O/c1-2-6-16-19(27-13-15(21(22,23)24)10-11-18(27)25-16)20(28)26-12-5-8-14-7-3-4-9-17(14)26/h3-4,7,9-11,13H,2,5-6,8,12H2,1H3. The Kier molecular flexibility index (Phi) is 4.61. The van der Waals surface area contributed by atoms with Gasteiger partial charge in [0.15, 0.2) is 0 Å². The average Bonchev–Trinajstić information content (AvgIpc) is 3.03. The smallest absolute Gasteiger partial charge is 0.307 e. The van der Waals surface area contributed by atoms with E-state index in [1.165, 1.54) is 10.5 Å². The number of amides is 1. The Morgan fingerprint density at radius 3 is 2.71 bits per heavy atom. The highest BCUT2D eigenvalue weighted by Gasteiger charge is 2.33. The first-order valence-electron chi connectivity index (χ1n) is 9.38. The summed E-state index contributed by atoms with van der Waals surface area (Å²) in [7, 11) is 0. The Morgan fingerprint density at radius 1 is 1.18 bits per heavy atom. The van der Waals surface area contributed by atoms with Crippen LogP contribution in [0.5, 0.6) is 0 Å². The lowest BCUT2D eigenvalue weighted by molar-refractivity contribution is -0.137. The van der Waals surface area contributed by atoms with Gasteiger partial charge in [-0.15, -0.1) is 0 Å². The molecule has 0 bridgehead atoms. The minimum absolute atomic E-state index is 0.222. The van der Waals surface area contributed by atoms with Gasteiger partial charge >= 0.3 is 6.18 Å². The first-order chi connectivity index (χ1) is 13.4. The summed E-state index contributed by atoms with van der Waals surface area (Å²) in [4.78, 5) is 19.6. The van der Waals surface area contributed by atoms with Crippen LogP contribution in [0.3, 0.4) is 0 Å². The number of rotatable bonds is 3. The molecule has 1 aliphatic rings. The third-order valence-electron chi connectivity index (χ3n) is 5.06. The number of fused-ring (bicyclic) bond motifs is 2. The molecule has 0 saturated heterocycles. The van der Waals surface area contributed by atoms with Gasteiger partial charge in [0.1, 0.15) is 11.3 Å². The maximum absolute atomic E-state index is 13.5. The van der Waals surface area contributed by atoms with Gasteiger partial charge in [0.25, 0.3) is 5.91 Å². The largest absolute Gasteiger partial charge is 0.417 e. The quantitative estimate of drug-likeness (QED) is 0.641. The Labute approximate surface area is 160 Å². The van der Waals surface area contributed by atoms with Crippen LogP contribution in [-0.4, -0.2) is 21.8 Å². The molecule has 7 heteroatoms. The predicted molar refractivity (Wildman–Crippen MR) is 101 cm³/mol. The van der Waals surface area contributed by atoms with Gasteiger partial charge in [-0.1, -0.05) is 31.5 Å². The molecule has 0 atom stereocenters. The molecule has 0 fully saturated rings. The van der Waals surface area contributed by atoms with E-state index in [9.17, 15) is 18.0 Å². The van der Waals surface area contributed by atoms with E-state index in [1.54, 1.807) is 4.90 Å². The van der Waals surface area contributed by atoms with Crippen LogP contribution in [-0.2, 0) is 19.0 Å². The topological polar surface area (TPSA) is 37.6 Å². The normalized spacial score (nSPS) is 14.4. The molecule has 0 aliphatic carbocycles. The first kappa shape index (κ1) is 18.5. The summed E-state index contributed by atoms with van der Waals surface area (Å²) in [5.41, 5.74) is 2.21. The number of carbonyl (C=O) groups excluding carboxylic acids is 1. The number of aromatic nitrogens is 2. The number of anilines is 1. The molecule has 4 rings (SSSR count). The number of alkyl halides is 3. The second-order valence-corrected chi connectivity index (χ2v) is 6.99. The molecule has 1 aromatic carbocycles. The van der Waals surface area contributed by atoms with Crippen LogP contribution in [0.25, 0.3) is 5.65 Å². The highest BCUT2D eigenvalue weighted by Crippen LogP contribution is 2.32. The third-order valence-corrected chi connectivity index (χ3v) is 5.06. The molecule has 4 nitrogen and oxygen atoms in total. The monoisotopic (exact) mass is 387 g/mol. The summed E-state index contributed by atoms with van der Waals surface area (Å²) in [6.07, 6.45) is -0.540. The lowest BCUT2D eigenvalue weighted by Gasteiger charge is -2.29. The fourth-order valence-corrected chi connectivity index (χ4v) is 3.77. The molecule has 3 heterocycles. The fourth-order valence-electron chi connectivity index (χ4n) is 3.77. The molecule has 0 unspecified atom stereocenters. The van der Waals surface area contributed by atoms with E-state index in [1.807, 2.05) is 31.2 Å². The third kappa shape index (κ3) is 3.15. The van der Waals surface area contributed by atoms with Crippen molar-refractivity contribution in [3.63, 3.8) is 0 Å². The van der Waals surface area contributed by atoms with E-state index in [2.05, 4.69) is 4.98 Å². The molecule has 0 saturated carbocycles. The second kappa shape index (κ2) is 6.96. The molecule has 2 aromatic heterocycles. The van der Waals surface area contributed by atoms with E-state index in [4.69, 9.17) is 0 Å². The molecule has 0 N–H and O–H groups in total. The zero-order chi connectivity index (χ0) is 19.9. The number of benzene rings is 1. The van der Waals surface area contributed by atoms with Crippen LogP contribution in [0.2, 0.25) is 0 Å². The highest BCUT2D eigenvalue weighted by molar-refractivity contribution is 6.07. The van der Waals surface area contributed by atoms with E-state index in [0.717, 1.165) is 42.8 Å². The number of para-hydroxylation sites is 1. The summed E-state index contributed by atoms with van der Waals surface area (Å²) < 4.78 is 41.0. The number of aryl methyl sites for hydroxylation is 2. The van der Waals surface area contributed by atoms with Crippen molar-refractivity contribution in [2.75, 3.05) is 11.4 Å². The van der Waals surface area contributed by atoms with Crippen LogP contribution in [0, 0.1) is 0 Å². The Balaban J connectivity index is 1.87. The first-order valence-corrected chi connectivity index (χ1v) is 9.38. The maximum Gasteiger partial charge on any atom is 0.417 e. The van der Waals surface area contributed by atoms with Crippen molar-refractivity contribution >= 4 is 17.2 Å². The van der Waals surface area contributed by atoms with Crippen molar-refractivity contribution < 1.29 is 18.0 Å². The lowest BCUT2D eigenvalue weighted by atomic mass is 10.0. The fraction of sp³-hybridized carbons (Fsp3) is 0.333. The SMILES string of the molecule is CCCc1nc2ccc(C(F)(F)F)cn2c1C(=O)N1CCCc2ccccc21. The summed E-state index contributed by atoms with van der Waals surface area (Å²) in [5.74, 6) is -0.303.